The molecule has 3 saturated heterocycles. The fourth-order valence-electron chi connectivity index (χ4n) is 3.30. The zero-order chi connectivity index (χ0) is 21.5. The van der Waals surface area contributed by atoms with Crippen LogP contribution < -0.4 is 0 Å². The number of hydrogen-bond acceptors (Lipinski definition) is 4. The molecule has 0 spiro atoms. The van der Waals surface area contributed by atoms with Crippen molar-refractivity contribution < 1.29 is 14.2 Å². The lowest BCUT2D eigenvalue weighted by Crippen LogP contribution is -2.25. The van der Waals surface area contributed by atoms with Crippen molar-refractivity contribution >= 4 is 0 Å². The van der Waals surface area contributed by atoms with E-state index in [0.29, 0.717) is 12.1 Å². The van der Waals surface area contributed by atoms with Crippen LogP contribution in [0.5, 0.6) is 0 Å². The monoisotopic (exact) mass is 409 g/mol. The Hall–Kier alpha value is -1.58. The summed E-state index contributed by atoms with van der Waals surface area (Å²) in [5.41, 5.74) is 0.277. The lowest BCUT2D eigenvalue weighted by molar-refractivity contribution is 0.0620. The topological polar surface area (TPSA) is 30.9 Å². The first-order valence-corrected chi connectivity index (χ1v) is 10.6. The van der Waals surface area contributed by atoms with Crippen molar-refractivity contribution in [2.45, 2.75) is 87.3 Å². The lowest BCUT2D eigenvalue weighted by atomic mass is 9.88. The third-order valence-electron chi connectivity index (χ3n) is 5.44. The van der Waals surface area contributed by atoms with Crippen molar-refractivity contribution in [3.05, 3.63) is 37.1 Å². The average Bonchev–Trinajstić information content (AvgIpc) is 3.29. The van der Waals surface area contributed by atoms with Gasteiger partial charge in [0.15, 0.2) is 5.88 Å². The van der Waals surface area contributed by atoms with Crippen molar-refractivity contribution in [2.24, 2.45) is 17.3 Å². The van der Waals surface area contributed by atoms with Gasteiger partial charge in [0.1, 0.15) is 12.7 Å². The Kier molecular flexibility index (Phi) is 11.5. The van der Waals surface area contributed by atoms with Crippen LogP contribution in [0.25, 0.3) is 0 Å². The van der Waals surface area contributed by atoms with Gasteiger partial charge >= 0.3 is 0 Å². The van der Waals surface area contributed by atoms with E-state index in [9.17, 15) is 0 Å². The zero-order valence-corrected chi connectivity index (χ0v) is 19.3. The van der Waals surface area contributed by atoms with Crippen LogP contribution in [0.3, 0.4) is 0 Å². The summed E-state index contributed by atoms with van der Waals surface area (Å²) in [5.74, 6) is 4.21. The van der Waals surface area contributed by atoms with Crippen LogP contribution in [0.4, 0.5) is 0 Å². The molecule has 3 aliphatic rings. The third-order valence-corrected chi connectivity index (χ3v) is 5.44. The number of rotatable bonds is 2. The summed E-state index contributed by atoms with van der Waals surface area (Å²) in [6, 6.07) is 0.528. The highest BCUT2D eigenvalue weighted by molar-refractivity contribution is 4.95. The maximum absolute atomic E-state index is 5.53. The van der Waals surface area contributed by atoms with E-state index in [2.05, 4.69) is 73.1 Å². The van der Waals surface area contributed by atoms with Crippen molar-refractivity contribution in [1.82, 2.24) is 4.90 Å². The fraction of sp³-hybridized carbons (Fsp3) is 0.760. The van der Waals surface area contributed by atoms with Gasteiger partial charge in [-0.2, -0.15) is 0 Å². The summed E-state index contributed by atoms with van der Waals surface area (Å²) in [7, 11) is 0. The minimum Gasteiger partial charge on any atom is -0.498 e. The third kappa shape index (κ3) is 9.64. The summed E-state index contributed by atoms with van der Waals surface area (Å²) in [5, 5.41) is 0. The van der Waals surface area contributed by atoms with Gasteiger partial charge < -0.3 is 19.1 Å². The summed E-state index contributed by atoms with van der Waals surface area (Å²) in [4.78, 5) is 2.15. The number of ether oxygens (including phenoxy) is 3. The molecule has 3 fully saturated rings. The molecule has 3 rings (SSSR count). The molecule has 0 amide bonds. The van der Waals surface area contributed by atoms with Gasteiger partial charge in [0.05, 0.1) is 24.7 Å². The Morgan fingerprint density at radius 1 is 1.00 bits per heavy atom. The Bertz CT molecular complexity index is 531. The largest absolute Gasteiger partial charge is 0.498 e. The predicted molar refractivity (Wildman–Crippen MR) is 124 cm³/mol. The van der Waals surface area contributed by atoms with Crippen molar-refractivity contribution in [3.8, 4) is 0 Å². The first kappa shape index (κ1) is 27.4. The van der Waals surface area contributed by atoms with Crippen molar-refractivity contribution in [3.63, 3.8) is 0 Å². The standard InChI is InChI=1S/C9H16O.C8H14O.C7H13NO.CH4/c1-7-5-6-8(10-7)9(2,3)4;1-6(2)8-4-7(3)9-5-8;1-6(2)8-4-5-9-7(8)3;/h8H,1,5-6H2,2-4H3;6,8H,3-5H2,1-2H3;6H,3-5H2,1-2H3;1H4. The molecule has 3 aliphatic heterocycles. The molecule has 4 nitrogen and oxygen atoms in total. The quantitative estimate of drug-likeness (QED) is 0.504. The molecule has 0 radical (unpaired) electrons. The predicted octanol–water partition coefficient (Wildman–Crippen LogP) is 6.75. The number of nitrogens with zero attached hydrogens (tertiary/aromatic N) is 1. The second kappa shape index (κ2) is 12.2. The highest BCUT2D eigenvalue weighted by atomic mass is 16.5. The van der Waals surface area contributed by atoms with Gasteiger partial charge in [0.2, 0.25) is 0 Å². The molecule has 0 aromatic rings. The van der Waals surface area contributed by atoms with Crippen LogP contribution in [0.15, 0.2) is 37.1 Å². The van der Waals surface area contributed by atoms with Crippen LogP contribution in [-0.4, -0.2) is 36.8 Å². The van der Waals surface area contributed by atoms with Crippen LogP contribution >= 0.6 is 0 Å². The van der Waals surface area contributed by atoms with E-state index in [0.717, 1.165) is 68.3 Å². The molecule has 3 heterocycles. The first-order chi connectivity index (χ1) is 12.9. The summed E-state index contributed by atoms with van der Waals surface area (Å²) in [6.07, 6.45) is 3.64. The van der Waals surface area contributed by atoms with Crippen LogP contribution in [0, 0.1) is 17.3 Å². The molecule has 170 valence electrons. The molecule has 0 aromatic heterocycles. The van der Waals surface area contributed by atoms with E-state index in [1.165, 1.54) is 0 Å². The summed E-state index contributed by atoms with van der Waals surface area (Å²) >= 11 is 0. The van der Waals surface area contributed by atoms with E-state index in [-0.39, 0.29) is 12.8 Å². The number of allylic oxidation sites excluding steroid dienone is 2. The average molecular weight is 410 g/mol. The summed E-state index contributed by atoms with van der Waals surface area (Å²) in [6.45, 7) is 29.4. The second-order valence-electron chi connectivity index (χ2n) is 9.64. The molecule has 0 aromatic carbocycles. The molecule has 2 atom stereocenters. The van der Waals surface area contributed by atoms with E-state index in [1.54, 1.807) is 0 Å². The minimum atomic E-state index is 0. The molecule has 0 bridgehead atoms. The molecule has 0 aliphatic carbocycles. The zero-order valence-electron chi connectivity index (χ0n) is 19.3. The fourth-order valence-corrected chi connectivity index (χ4v) is 3.30. The molecule has 2 unspecified atom stereocenters. The lowest BCUT2D eigenvalue weighted by Gasteiger charge is -2.25. The van der Waals surface area contributed by atoms with Gasteiger partial charge in [-0.05, 0) is 38.2 Å². The molecule has 4 heteroatoms. The highest BCUT2D eigenvalue weighted by Crippen LogP contribution is 2.34. The van der Waals surface area contributed by atoms with E-state index in [1.807, 2.05) is 0 Å². The van der Waals surface area contributed by atoms with Crippen molar-refractivity contribution in [1.29, 1.82) is 0 Å². The van der Waals surface area contributed by atoms with E-state index < -0.39 is 0 Å². The van der Waals surface area contributed by atoms with Crippen LogP contribution in [0.1, 0.15) is 75.2 Å². The van der Waals surface area contributed by atoms with Gasteiger partial charge in [-0.15, -0.1) is 0 Å². The Morgan fingerprint density at radius 3 is 1.83 bits per heavy atom. The van der Waals surface area contributed by atoms with Gasteiger partial charge in [-0.3, -0.25) is 0 Å². The Labute approximate surface area is 181 Å². The van der Waals surface area contributed by atoms with Gasteiger partial charge in [0, 0.05) is 24.8 Å². The Morgan fingerprint density at radius 2 is 1.62 bits per heavy atom. The SMILES string of the molecule is C.C=C1CC(C(C)C)CO1.C=C1CCC(C(C)(C)C)O1.C=C1OCCN1C(C)C. The van der Waals surface area contributed by atoms with Gasteiger partial charge in [0.25, 0.3) is 0 Å². The highest BCUT2D eigenvalue weighted by Gasteiger charge is 2.30. The normalized spacial score (nSPS) is 23.5. The van der Waals surface area contributed by atoms with Gasteiger partial charge in [-0.25, -0.2) is 0 Å². The molecule has 0 saturated carbocycles. The second-order valence-corrected chi connectivity index (χ2v) is 9.64. The van der Waals surface area contributed by atoms with E-state index in [4.69, 9.17) is 14.2 Å². The van der Waals surface area contributed by atoms with Crippen LogP contribution in [0.2, 0.25) is 0 Å². The Balaban J connectivity index is 0.000000399. The first-order valence-electron chi connectivity index (χ1n) is 10.6. The minimum absolute atomic E-state index is 0. The maximum atomic E-state index is 5.53. The van der Waals surface area contributed by atoms with Gasteiger partial charge in [-0.1, -0.05) is 55.2 Å². The van der Waals surface area contributed by atoms with E-state index >= 15 is 0 Å². The molecule has 29 heavy (non-hydrogen) atoms. The molecule has 0 N–H and O–H groups in total. The smallest absolute Gasteiger partial charge is 0.182 e. The van der Waals surface area contributed by atoms with Crippen LogP contribution in [-0.2, 0) is 14.2 Å². The maximum Gasteiger partial charge on any atom is 0.182 e. The number of hydrogen-bond donors (Lipinski definition) is 0. The molecular formula is C25H47NO3. The molecular weight excluding hydrogens is 362 g/mol. The van der Waals surface area contributed by atoms with Crippen molar-refractivity contribution in [2.75, 3.05) is 19.8 Å². The summed E-state index contributed by atoms with van der Waals surface area (Å²) < 4.78 is 15.9.